The summed E-state index contributed by atoms with van der Waals surface area (Å²) in [6.45, 7) is 5.29. The van der Waals surface area contributed by atoms with Gasteiger partial charge in [-0.25, -0.2) is 0 Å². The van der Waals surface area contributed by atoms with E-state index in [1.807, 2.05) is 13.0 Å². The van der Waals surface area contributed by atoms with Crippen molar-refractivity contribution in [3.63, 3.8) is 0 Å². The molecule has 5 nitrogen and oxygen atoms in total. The molecular formula is C12H15N3O2. The van der Waals surface area contributed by atoms with E-state index in [1.165, 1.54) is 4.90 Å². The van der Waals surface area contributed by atoms with Crippen LogP contribution in [0.1, 0.15) is 19.4 Å². The van der Waals surface area contributed by atoms with E-state index in [1.54, 1.807) is 26.2 Å². The first-order valence-electron chi connectivity index (χ1n) is 5.56. The van der Waals surface area contributed by atoms with Crippen LogP contribution in [0.15, 0.2) is 18.5 Å². The third-order valence-electron chi connectivity index (χ3n) is 2.87. The second-order valence-electron chi connectivity index (χ2n) is 4.33. The Morgan fingerprint density at radius 3 is 2.65 bits per heavy atom. The van der Waals surface area contributed by atoms with Crippen molar-refractivity contribution >= 4 is 17.5 Å². The van der Waals surface area contributed by atoms with Gasteiger partial charge in [-0.2, -0.15) is 0 Å². The molecule has 90 valence electrons. The Balaban J connectivity index is 2.41. The molecule has 2 amide bonds. The lowest BCUT2D eigenvalue weighted by Crippen LogP contribution is -2.61. The SMILES string of the molecule is Cc1cncc(N2C(=O)C(C)NC(=O)C2C)c1. The van der Waals surface area contributed by atoms with Gasteiger partial charge in [0.2, 0.25) is 11.8 Å². The summed E-state index contributed by atoms with van der Waals surface area (Å²) in [4.78, 5) is 29.3. The fourth-order valence-corrected chi connectivity index (χ4v) is 1.93. The number of amides is 2. The van der Waals surface area contributed by atoms with E-state index in [4.69, 9.17) is 0 Å². The zero-order valence-electron chi connectivity index (χ0n) is 10.1. The Labute approximate surface area is 99.8 Å². The molecule has 0 saturated carbocycles. The molecule has 1 aliphatic heterocycles. The number of aryl methyl sites for hydroxylation is 1. The molecule has 1 aromatic heterocycles. The van der Waals surface area contributed by atoms with Gasteiger partial charge in [-0.05, 0) is 32.4 Å². The number of pyridine rings is 1. The van der Waals surface area contributed by atoms with Gasteiger partial charge in [0.1, 0.15) is 12.1 Å². The lowest BCUT2D eigenvalue weighted by atomic mass is 10.1. The molecular weight excluding hydrogens is 218 g/mol. The molecule has 5 heteroatoms. The summed E-state index contributed by atoms with van der Waals surface area (Å²) in [7, 11) is 0. The molecule has 1 N–H and O–H groups in total. The molecule has 2 atom stereocenters. The first-order valence-corrected chi connectivity index (χ1v) is 5.56. The number of rotatable bonds is 1. The average molecular weight is 233 g/mol. The molecule has 2 unspecified atom stereocenters. The third kappa shape index (κ3) is 2.00. The van der Waals surface area contributed by atoms with Crippen LogP contribution in [-0.2, 0) is 9.59 Å². The summed E-state index contributed by atoms with van der Waals surface area (Å²) in [5.41, 5.74) is 1.63. The maximum absolute atomic E-state index is 12.1. The molecule has 1 aromatic rings. The predicted octanol–water partition coefficient (Wildman–Crippen LogP) is 0.630. The second-order valence-corrected chi connectivity index (χ2v) is 4.33. The predicted molar refractivity (Wildman–Crippen MR) is 63.5 cm³/mol. The van der Waals surface area contributed by atoms with Crippen LogP contribution in [0.5, 0.6) is 0 Å². The highest BCUT2D eigenvalue weighted by Crippen LogP contribution is 2.21. The number of hydrogen-bond acceptors (Lipinski definition) is 3. The molecule has 0 radical (unpaired) electrons. The number of anilines is 1. The van der Waals surface area contributed by atoms with Gasteiger partial charge in [-0.1, -0.05) is 0 Å². The summed E-state index contributed by atoms with van der Waals surface area (Å²) >= 11 is 0. The lowest BCUT2D eigenvalue weighted by molar-refractivity contribution is -0.133. The lowest BCUT2D eigenvalue weighted by Gasteiger charge is -2.35. The van der Waals surface area contributed by atoms with Gasteiger partial charge in [0.15, 0.2) is 0 Å². The molecule has 2 rings (SSSR count). The summed E-state index contributed by atoms with van der Waals surface area (Å²) in [5.74, 6) is -0.247. The number of nitrogens with zero attached hydrogens (tertiary/aromatic N) is 2. The molecule has 0 bridgehead atoms. The molecule has 1 aliphatic rings. The number of hydrogen-bond donors (Lipinski definition) is 1. The molecule has 0 spiro atoms. The number of aromatic nitrogens is 1. The average Bonchev–Trinajstić information content (AvgIpc) is 2.27. The van der Waals surface area contributed by atoms with Crippen molar-refractivity contribution in [3.05, 3.63) is 24.0 Å². The Morgan fingerprint density at radius 1 is 1.29 bits per heavy atom. The molecule has 0 aromatic carbocycles. The number of piperazine rings is 1. The first kappa shape index (κ1) is 11.6. The van der Waals surface area contributed by atoms with E-state index in [0.717, 1.165) is 5.56 Å². The maximum atomic E-state index is 12.1. The van der Waals surface area contributed by atoms with Crippen LogP contribution in [0, 0.1) is 6.92 Å². The van der Waals surface area contributed by atoms with Crippen molar-refractivity contribution in [2.24, 2.45) is 0 Å². The zero-order chi connectivity index (χ0) is 12.6. The van der Waals surface area contributed by atoms with Gasteiger partial charge in [0.25, 0.3) is 0 Å². The topological polar surface area (TPSA) is 62.3 Å². The van der Waals surface area contributed by atoms with Gasteiger partial charge in [-0.15, -0.1) is 0 Å². The second kappa shape index (κ2) is 4.16. The van der Waals surface area contributed by atoms with Crippen LogP contribution in [0.3, 0.4) is 0 Å². The minimum absolute atomic E-state index is 0.107. The van der Waals surface area contributed by atoms with Crippen molar-refractivity contribution in [2.45, 2.75) is 32.9 Å². The van der Waals surface area contributed by atoms with Crippen molar-refractivity contribution < 1.29 is 9.59 Å². The Kier molecular flexibility index (Phi) is 2.83. The largest absolute Gasteiger partial charge is 0.343 e. The van der Waals surface area contributed by atoms with Crippen molar-refractivity contribution in [1.82, 2.24) is 10.3 Å². The van der Waals surface area contributed by atoms with Gasteiger partial charge in [0.05, 0.1) is 11.9 Å². The van der Waals surface area contributed by atoms with E-state index in [9.17, 15) is 9.59 Å². The van der Waals surface area contributed by atoms with Gasteiger partial charge in [-0.3, -0.25) is 19.5 Å². The van der Waals surface area contributed by atoms with Crippen LogP contribution < -0.4 is 10.2 Å². The molecule has 17 heavy (non-hydrogen) atoms. The Morgan fingerprint density at radius 2 is 2.00 bits per heavy atom. The standard InChI is InChI=1S/C12H15N3O2/c1-7-4-10(6-13-5-7)15-9(3)11(16)14-8(2)12(15)17/h4-6,8-9H,1-3H3,(H,14,16). The van der Waals surface area contributed by atoms with Crippen LogP contribution in [0.2, 0.25) is 0 Å². The normalized spacial score (nSPS) is 24.8. The van der Waals surface area contributed by atoms with Crippen LogP contribution in [0.4, 0.5) is 5.69 Å². The van der Waals surface area contributed by atoms with Gasteiger partial charge < -0.3 is 5.32 Å². The van der Waals surface area contributed by atoms with E-state index in [-0.39, 0.29) is 11.8 Å². The van der Waals surface area contributed by atoms with Crippen LogP contribution in [0.25, 0.3) is 0 Å². The van der Waals surface area contributed by atoms with E-state index < -0.39 is 12.1 Å². The summed E-state index contributed by atoms with van der Waals surface area (Å²) in [5, 5.41) is 2.64. The van der Waals surface area contributed by atoms with Crippen LogP contribution in [-0.4, -0.2) is 28.9 Å². The number of carbonyl (C=O) groups excluding carboxylic acids is 2. The number of carbonyl (C=O) groups is 2. The first-order chi connectivity index (χ1) is 8.00. The number of nitrogens with one attached hydrogen (secondary N) is 1. The molecule has 1 fully saturated rings. The van der Waals surface area contributed by atoms with Crippen LogP contribution >= 0.6 is 0 Å². The highest BCUT2D eigenvalue weighted by Gasteiger charge is 2.36. The summed E-state index contributed by atoms with van der Waals surface area (Å²) < 4.78 is 0. The quantitative estimate of drug-likeness (QED) is 0.774. The minimum Gasteiger partial charge on any atom is -0.343 e. The highest BCUT2D eigenvalue weighted by atomic mass is 16.2. The fraction of sp³-hybridized carbons (Fsp3) is 0.417. The highest BCUT2D eigenvalue weighted by molar-refractivity contribution is 6.07. The van der Waals surface area contributed by atoms with Crippen molar-refractivity contribution in [3.8, 4) is 0 Å². The van der Waals surface area contributed by atoms with E-state index in [0.29, 0.717) is 5.69 Å². The molecule has 0 aliphatic carbocycles. The van der Waals surface area contributed by atoms with Crippen molar-refractivity contribution in [1.29, 1.82) is 0 Å². The summed E-state index contributed by atoms with van der Waals surface area (Å²) in [6.07, 6.45) is 3.32. The summed E-state index contributed by atoms with van der Waals surface area (Å²) in [6, 6.07) is 0.869. The molecule has 2 heterocycles. The van der Waals surface area contributed by atoms with E-state index >= 15 is 0 Å². The van der Waals surface area contributed by atoms with Gasteiger partial charge >= 0.3 is 0 Å². The van der Waals surface area contributed by atoms with Gasteiger partial charge in [0, 0.05) is 6.20 Å². The fourth-order valence-electron chi connectivity index (χ4n) is 1.93. The minimum atomic E-state index is -0.498. The molecule has 1 saturated heterocycles. The maximum Gasteiger partial charge on any atom is 0.250 e. The Hall–Kier alpha value is -1.91. The van der Waals surface area contributed by atoms with E-state index in [2.05, 4.69) is 10.3 Å². The third-order valence-corrected chi connectivity index (χ3v) is 2.87. The van der Waals surface area contributed by atoms with Crippen molar-refractivity contribution in [2.75, 3.05) is 4.90 Å². The Bertz CT molecular complexity index is 473. The smallest absolute Gasteiger partial charge is 0.250 e. The zero-order valence-corrected chi connectivity index (χ0v) is 10.1. The monoisotopic (exact) mass is 233 g/mol.